The summed E-state index contributed by atoms with van der Waals surface area (Å²) in [4.78, 5) is 28.8. The van der Waals surface area contributed by atoms with Crippen molar-refractivity contribution in [3.63, 3.8) is 0 Å². The number of benzene rings is 2. The van der Waals surface area contributed by atoms with Gasteiger partial charge in [0.05, 0.1) is 29.8 Å². The Bertz CT molecular complexity index is 1750. The zero-order valence-corrected chi connectivity index (χ0v) is 27.7. The van der Waals surface area contributed by atoms with Crippen molar-refractivity contribution >= 4 is 38.3 Å². The molecule has 0 bridgehead atoms. The third kappa shape index (κ3) is 6.30. The van der Waals surface area contributed by atoms with Gasteiger partial charge in [-0.05, 0) is 87.8 Å². The molecule has 0 radical (unpaired) electrons. The van der Waals surface area contributed by atoms with E-state index in [4.69, 9.17) is 0 Å². The number of rotatable bonds is 10. The predicted octanol–water partition coefficient (Wildman–Crippen LogP) is 5.43. The van der Waals surface area contributed by atoms with Gasteiger partial charge in [-0.2, -0.15) is 0 Å². The number of amides is 1. The number of sulfonamides is 1. The van der Waals surface area contributed by atoms with E-state index in [9.17, 15) is 36.3 Å². The molecule has 1 unspecified atom stereocenters. The topological polar surface area (TPSA) is 99.9 Å². The molecule has 8 nitrogen and oxygen atoms in total. The number of aliphatic hydroxyl groups is 1. The minimum absolute atomic E-state index is 0.0982. The lowest BCUT2D eigenvalue weighted by Crippen LogP contribution is -2.49. The Labute approximate surface area is 268 Å². The van der Waals surface area contributed by atoms with E-state index >= 15 is 0 Å². The van der Waals surface area contributed by atoms with Crippen molar-refractivity contribution in [3.05, 3.63) is 64.9 Å². The molecule has 2 aliphatic rings. The number of anilines is 1. The van der Waals surface area contributed by atoms with Crippen molar-refractivity contribution in [2.24, 2.45) is 11.8 Å². The molecule has 5 rings (SSSR count). The second-order valence-corrected chi connectivity index (χ2v) is 16.0. The summed E-state index contributed by atoms with van der Waals surface area (Å²) in [5, 5.41) is 12.4. The fraction of sp³-hybridized carbons (Fsp3) is 0.529. The van der Waals surface area contributed by atoms with Crippen LogP contribution in [0.1, 0.15) is 68.4 Å². The Morgan fingerprint density at radius 1 is 1.13 bits per heavy atom. The second kappa shape index (κ2) is 12.7. The Morgan fingerprint density at radius 2 is 1.80 bits per heavy atom. The number of carbonyl (C=O) groups excluding carboxylic acids is 2. The lowest BCUT2D eigenvalue weighted by atomic mass is 9.79. The number of aliphatic hydroxyl groups excluding tert-OH is 1. The van der Waals surface area contributed by atoms with Crippen LogP contribution >= 0.6 is 0 Å². The van der Waals surface area contributed by atoms with Crippen molar-refractivity contribution in [1.82, 2.24) is 9.47 Å². The lowest BCUT2D eigenvalue weighted by Gasteiger charge is -2.37. The molecule has 0 saturated carbocycles. The standard InChI is InChI=1S/C34H42F3N3O5S/c1-6-22-18-40-19-34(3,4)46(44,45)38(5)29-14-23(13-28(22)31(29)40)30(41)15-24(10-21-11-25(36)16-26(37)12-21)32(42)27-8-7-9-39(33(27)43)17-20(2)35/h11-14,16,18,20,24,27,32,42H,6-10,15,17,19H2,1-5H3/t20?,24-,27+,32+/m1/s1. The summed E-state index contributed by atoms with van der Waals surface area (Å²) < 4.78 is 71.4. The van der Waals surface area contributed by atoms with Crippen LogP contribution in [0.3, 0.4) is 0 Å². The van der Waals surface area contributed by atoms with Crippen LogP contribution in [0.25, 0.3) is 10.9 Å². The molecule has 2 aliphatic heterocycles. The van der Waals surface area contributed by atoms with Crippen molar-refractivity contribution in [1.29, 1.82) is 0 Å². The van der Waals surface area contributed by atoms with Crippen LogP contribution in [0.15, 0.2) is 36.5 Å². The maximum atomic E-state index is 14.2. The summed E-state index contributed by atoms with van der Waals surface area (Å²) in [6, 6.07) is 6.26. The van der Waals surface area contributed by atoms with Gasteiger partial charge in [-0.1, -0.05) is 6.92 Å². The molecular formula is C34H42F3N3O5S. The molecule has 1 fully saturated rings. The number of ketones is 1. The van der Waals surface area contributed by atoms with Crippen molar-refractivity contribution in [3.8, 4) is 0 Å². The van der Waals surface area contributed by atoms with Crippen LogP contribution in [0.5, 0.6) is 0 Å². The van der Waals surface area contributed by atoms with Crippen molar-refractivity contribution in [2.45, 2.75) is 83.4 Å². The fourth-order valence-corrected chi connectivity index (χ4v) is 8.53. The minimum Gasteiger partial charge on any atom is -0.392 e. The fourth-order valence-electron chi connectivity index (χ4n) is 7.09. The summed E-state index contributed by atoms with van der Waals surface area (Å²) in [5.74, 6) is -4.30. The van der Waals surface area contributed by atoms with Gasteiger partial charge in [0.25, 0.3) is 0 Å². The molecule has 0 aliphatic carbocycles. The maximum absolute atomic E-state index is 14.2. The Hall–Kier alpha value is -3.38. The molecule has 12 heteroatoms. The molecule has 1 saturated heterocycles. The van der Waals surface area contributed by atoms with E-state index in [2.05, 4.69) is 0 Å². The van der Waals surface area contributed by atoms with Gasteiger partial charge in [0, 0.05) is 49.8 Å². The highest BCUT2D eigenvalue weighted by Crippen LogP contribution is 2.41. The zero-order valence-electron chi connectivity index (χ0n) is 26.9. The van der Waals surface area contributed by atoms with Crippen LogP contribution in [0, 0.1) is 23.5 Å². The smallest absolute Gasteiger partial charge is 0.241 e. The first-order valence-corrected chi connectivity index (χ1v) is 17.2. The number of halogens is 3. The summed E-state index contributed by atoms with van der Waals surface area (Å²) in [7, 11) is -2.35. The number of likely N-dealkylation sites (tertiary alicyclic amines) is 1. The Balaban J connectivity index is 1.54. The number of hydrogen-bond donors (Lipinski definition) is 1. The second-order valence-electron chi connectivity index (χ2n) is 13.4. The van der Waals surface area contributed by atoms with Gasteiger partial charge in [-0.3, -0.25) is 13.9 Å². The molecule has 3 heterocycles. The molecular weight excluding hydrogens is 619 g/mol. The normalized spacial score (nSPS) is 21.2. The summed E-state index contributed by atoms with van der Waals surface area (Å²) in [6.07, 6.45) is 0.413. The van der Waals surface area contributed by atoms with E-state index in [1.54, 1.807) is 26.0 Å². The zero-order chi connectivity index (χ0) is 33.7. The van der Waals surface area contributed by atoms with Gasteiger partial charge < -0.3 is 14.6 Å². The number of aromatic nitrogens is 1. The predicted molar refractivity (Wildman–Crippen MR) is 171 cm³/mol. The van der Waals surface area contributed by atoms with Gasteiger partial charge in [0.15, 0.2) is 5.78 Å². The van der Waals surface area contributed by atoms with E-state index in [0.717, 1.165) is 29.1 Å². The van der Waals surface area contributed by atoms with Crippen LogP contribution in [-0.2, 0) is 34.2 Å². The Kier molecular flexibility index (Phi) is 9.36. The Morgan fingerprint density at radius 3 is 2.43 bits per heavy atom. The average molecular weight is 662 g/mol. The molecule has 250 valence electrons. The lowest BCUT2D eigenvalue weighted by molar-refractivity contribution is -0.145. The summed E-state index contributed by atoms with van der Waals surface area (Å²) in [6.45, 7) is 7.11. The van der Waals surface area contributed by atoms with E-state index in [0.29, 0.717) is 37.0 Å². The van der Waals surface area contributed by atoms with Crippen LogP contribution < -0.4 is 4.31 Å². The largest absolute Gasteiger partial charge is 0.392 e. The molecule has 4 atom stereocenters. The molecule has 1 amide bonds. The SMILES string of the molecule is CCc1cn2c3c(cc(C(=O)C[C@@H](Cc4cc(F)cc(F)c4)[C@H](O)[C@@H]4CCCN(CC(C)F)C4=O)cc13)N(C)S(=O)(=O)C(C)(C)C2. The van der Waals surface area contributed by atoms with Crippen molar-refractivity contribution in [2.75, 3.05) is 24.4 Å². The van der Waals surface area contributed by atoms with Gasteiger partial charge >= 0.3 is 0 Å². The van der Waals surface area contributed by atoms with E-state index < -0.39 is 62.2 Å². The van der Waals surface area contributed by atoms with E-state index in [-0.39, 0.29) is 37.1 Å². The van der Waals surface area contributed by atoms with Gasteiger partial charge in [0.1, 0.15) is 22.6 Å². The number of aryl methyl sites for hydroxylation is 1. The first kappa shape index (κ1) is 34.0. The van der Waals surface area contributed by atoms with Crippen LogP contribution in [0.4, 0.5) is 18.9 Å². The first-order valence-electron chi connectivity index (χ1n) is 15.8. The molecule has 1 aromatic heterocycles. The number of carbonyl (C=O) groups is 2. The highest BCUT2D eigenvalue weighted by molar-refractivity contribution is 7.94. The van der Waals surface area contributed by atoms with E-state index in [1.165, 1.54) is 23.2 Å². The van der Waals surface area contributed by atoms with Crippen LogP contribution in [-0.4, -0.2) is 71.8 Å². The highest BCUT2D eigenvalue weighted by Gasteiger charge is 2.43. The average Bonchev–Trinajstić information content (AvgIpc) is 3.30. The number of hydrogen-bond acceptors (Lipinski definition) is 5. The van der Waals surface area contributed by atoms with Gasteiger partial charge in [-0.15, -0.1) is 0 Å². The molecule has 46 heavy (non-hydrogen) atoms. The number of piperidine rings is 1. The third-order valence-corrected chi connectivity index (χ3v) is 11.9. The third-order valence-electron chi connectivity index (χ3n) is 9.49. The van der Waals surface area contributed by atoms with Crippen LogP contribution in [0.2, 0.25) is 0 Å². The summed E-state index contributed by atoms with van der Waals surface area (Å²) >= 11 is 0. The minimum atomic E-state index is -3.82. The molecule has 1 N–H and O–H groups in total. The highest BCUT2D eigenvalue weighted by atomic mass is 32.2. The maximum Gasteiger partial charge on any atom is 0.241 e. The van der Waals surface area contributed by atoms with Gasteiger partial charge in [-0.25, -0.2) is 21.6 Å². The first-order chi connectivity index (χ1) is 21.5. The number of Topliss-reactive ketones (excluding diaryl/α,β-unsaturated/α-hetero) is 1. The molecule has 3 aromatic rings. The quantitative estimate of drug-likeness (QED) is 0.292. The number of nitrogens with zero attached hydrogens (tertiary/aromatic N) is 3. The van der Waals surface area contributed by atoms with Crippen molar-refractivity contribution < 1.29 is 36.3 Å². The molecule has 0 spiro atoms. The van der Waals surface area contributed by atoms with E-state index in [1.807, 2.05) is 17.7 Å². The number of alkyl halides is 1. The summed E-state index contributed by atoms with van der Waals surface area (Å²) in [5.41, 5.74) is 2.44. The van der Waals surface area contributed by atoms with Gasteiger partial charge in [0.2, 0.25) is 15.9 Å². The molecule has 2 aromatic carbocycles. The monoisotopic (exact) mass is 661 g/mol.